The monoisotopic (exact) mass is 405 g/mol. The van der Waals surface area contributed by atoms with Gasteiger partial charge < -0.3 is 19.5 Å². The van der Waals surface area contributed by atoms with Crippen LogP contribution in [0.5, 0.6) is 17.2 Å². The van der Waals surface area contributed by atoms with Gasteiger partial charge in [-0.3, -0.25) is 4.79 Å². The summed E-state index contributed by atoms with van der Waals surface area (Å²) >= 11 is 0. The first kappa shape index (κ1) is 19.7. The maximum atomic E-state index is 12.9. The summed E-state index contributed by atoms with van der Waals surface area (Å²) in [5.41, 5.74) is 0.680. The molecule has 1 saturated carbocycles. The standard InChI is InChI=1S/C23H23N3O4/c1-28-19-9-8-17(12-20(19)29-2)30-14-23(16-6-4-3-5-7-16)13-18(23)22(27)26-21-10-11-24-15-25-21/h3-12,15,18H,13-14H2,1-2H3,(H,24,25,26,27). The Kier molecular flexibility index (Phi) is 5.52. The van der Waals surface area contributed by atoms with E-state index in [1.807, 2.05) is 36.4 Å². The first-order chi connectivity index (χ1) is 14.7. The highest BCUT2D eigenvalue weighted by atomic mass is 16.5. The van der Waals surface area contributed by atoms with Gasteiger partial charge in [0.05, 0.1) is 26.7 Å². The van der Waals surface area contributed by atoms with E-state index in [9.17, 15) is 4.79 Å². The average molecular weight is 405 g/mol. The maximum absolute atomic E-state index is 12.9. The van der Waals surface area contributed by atoms with Crippen molar-refractivity contribution in [1.29, 1.82) is 0 Å². The smallest absolute Gasteiger partial charge is 0.229 e. The number of ether oxygens (including phenoxy) is 3. The molecular weight excluding hydrogens is 382 g/mol. The van der Waals surface area contributed by atoms with Gasteiger partial charge in [0.15, 0.2) is 11.5 Å². The van der Waals surface area contributed by atoms with E-state index in [1.165, 1.54) is 6.33 Å². The van der Waals surface area contributed by atoms with Gasteiger partial charge in [-0.25, -0.2) is 9.97 Å². The highest BCUT2D eigenvalue weighted by Crippen LogP contribution is 2.55. The predicted octanol–water partition coefficient (Wildman–Crippen LogP) is 3.47. The van der Waals surface area contributed by atoms with Gasteiger partial charge in [0.1, 0.15) is 17.9 Å². The molecule has 2 aromatic carbocycles. The molecule has 3 aromatic rings. The van der Waals surface area contributed by atoms with Crippen molar-refractivity contribution in [3.8, 4) is 17.2 Å². The lowest BCUT2D eigenvalue weighted by atomic mass is 9.93. The van der Waals surface area contributed by atoms with Crippen LogP contribution in [0.2, 0.25) is 0 Å². The molecule has 1 aliphatic carbocycles. The van der Waals surface area contributed by atoms with E-state index in [4.69, 9.17) is 14.2 Å². The largest absolute Gasteiger partial charge is 0.493 e. The normalized spacial score (nSPS) is 19.6. The maximum Gasteiger partial charge on any atom is 0.229 e. The summed E-state index contributed by atoms with van der Waals surface area (Å²) in [6.07, 6.45) is 3.70. The quantitative estimate of drug-likeness (QED) is 0.618. The number of benzene rings is 2. The number of anilines is 1. The van der Waals surface area contributed by atoms with Crippen LogP contribution in [0.15, 0.2) is 67.1 Å². The molecule has 154 valence electrons. The first-order valence-electron chi connectivity index (χ1n) is 9.63. The number of rotatable bonds is 8. The highest BCUT2D eigenvalue weighted by molar-refractivity contribution is 5.95. The van der Waals surface area contributed by atoms with E-state index >= 15 is 0 Å². The fraction of sp³-hybridized carbons (Fsp3) is 0.261. The molecule has 2 unspecified atom stereocenters. The molecule has 0 aliphatic heterocycles. The van der Waals surface area contributed by atoms with Gasteiger partial charge >= 0.3 is 0 Å². The lowest BCUT2D eigenvalue weighted by Gasteiger charge is -2.19. The molecular formula is C23H23N3O4. The van der Waals surface area contributed by atoms with Crippen LogP contribution in [0.25, 0.3) is 0 Å². The van der Waals surface area contributed by atoms with Gasteiger partial charge in [0.25, 0.3) is 0 Å². The molecule has 1 aliphatic rings. The Morgan fingerprint density at radius 3 is 2.60 bits per heavy atom. The summed E-state index contributed by atoms with van der Waals surface area (Å²) in [5.74, 6) is 2.09. The van der Waals surface area contributed by atoms with Crippen LogP contribution in [-0.4, -0.2) is 36.7 Å². The molecule has 0 spiro atoms. The first-order valence-corrected chi connectivity index (χ1v) is 9.63. The summed E-state index contributed by atoms with van der Waals surface area (Å²) in [5, 5.41) is 2.88. The van der Waals surface area contributed by atoms with Crippen molar-refractivity contribution in [2.75, 3.05) is 26.1 Å². The molecule has 30 heavy (non-hydrogen) atoms. The lowest BCUT2D eigenvalue weighted by Crippen LogP contribution is -2.26. The van der Waals surface area contributed by atoms with Crippen molar-refractivity contribution < 1.29 is 19.0 Å². The molecule has 1 aromatic heterocycles. The molecule has 4 rings (SSSR count). The zero-order valence-corrected chi connectivity index (χ0v) is 16.9. The summed E-state index contributed by atoms with van der Waals surface area (Å²) in [6, 6.07) is 17.1. The Labute approximate surface area is 175 Å². The second-order valence-corrected chi connectivity index (χ2v) is 7.17. The number of nitrogens with one attached hydrogen (secondary N) is 1. The second kappa shape index (κ2) is 8.41. The van der Waals surface area contributed by atoms with Crippen LogP contribution in [0.3, 0.4) is 0 Å². The molecule has 7 heteroatoms. The van der Waals surface area contributed by atoms with Gasteiger partial charge in [0, 0.05) is 17.7 Å². The van der Waals surface area contributed by atoms with Crippen LogP contribution in [0.4, 0.5) is 5.82 Å². The molecule has 1 fully saturated rings. The average Bonchev–Trinajstić information content (AvgIpc) is 3.55. The van der Waals surface area contributed by atoms with Crippen molar-refractivity contribution >= 4 is 11.7 Å². The summed E-state index contributed by atoms with van der Waals surface area (Å²) < 4.78 is 16.8. The van der Waals surface area contributed by atoms with Gasteiger partial charge in [0.2, 0.25) is 5.91 Å². The third-order valence-electron chi connectivity index (χ3n) is 5.43. The van der Waals surface area contributed by atoms with Gasteiger partial charge in [-0.05, 0) is 30.2 Å². The van der Waals surface area contributed by atoms with Gasteiger partial charge in [-0.2, -0.15) is 0 Å². The van der Waals surface area contributed by atoms with Crippen molar-refractivity contribution in [3.05, 3.63) is 72.7 Å². The molecule has 0 radical (unpaired) electrons. The van der Waals surface area contributed by atoms with E-state index in [0.29, 0.717) is 36.1 Å². The third kappa shape index (κ3) is 3.91. The van der Waals surface area contributed by atoms with Crippen molar-refractivity contribution in [2.45, 2.75) is 11.8 Å². The number of aromatic nitrogens is 2. The van der Waals surface area contributed by atoms with E-state index in [-0.39, 0.29) is 11.8 Å². The van der Waals surface area contributed by atoms with E-state index in [2.05, 4.69) is 15.3 Å². The fourth-order valence-corrected chi connectivity index (χ4v) is 3.68. The molecule has 1 heterocycles. The zero-order chi connectivity index (χ0) is 21.0. The highest BCUT2D eigenvalue weighted by Gasteiger charge is 2.60. The number of hydrogen-bond donors (Lipinski definition) is 1. The zero-order valence-electron chi connectivity index (χ0n) is 16.9. The van der Waals surface area contributed by atoms with E-state index in [1.54, 1.807) is 38.6 Å². The SMILES string of the molecule is COc1ccc(OCC2(c3ccccc3)CC2C(=O)Nc2ccncn2)cc1OC. The molecule has 2 atom stereocenters. The number of hydrogen-bond acceptors (Lipinski definition) is 6. The minimum absolute atomic E-state index is 0.0755. The summed E-state index contributed by atoms with van der Waals surface area (Å²) in [7, 11) is 3.18. The number of methoxy groups -OCH3 is 2. The number of carbonyl (C=O) groups is 1. The second-order valence-electron chi connectivity index (χ2n) is 7.17. The molecule has 1 amide bonds. The summed E-state index contributed by atoms with van der Waals surface area (Å²) in [6.45, 7) is 0.369. The Bertz CT molecular complexity index is 1010. The van der Waals surface area contributed by atoms with E-state index < -0.39 is 5.41 Å². The minimum Gasteiger partial charge on any atom is -0.493 e. The Morgan fingerprint density at radius 2 is 1.90 bits per heavy atom. The van der Waals surface area contributed by atoms with Gasteiger partial charge in [-0.1, -0.05) is 30.3 Å². The van der Waals surface area contributed by atoms with Crippen LogP contribution in [0, 0.1) is 5.92 Å². The third-order valence-corrected chi connectivity index (χ3v) is 5.43. The van der Waals surface area contributed by atoms with Crippen LogP contribution < -0.4 is 19.5 Å². The minimum atomic E-state index is -0.397. The van der Waals surface area contributed by atoms with Crippen LogP contribution in [-0.2, 0) is 10.2 Å². The number of amides is 1. The van der Waals surface area contributed by atoms with Crippen molar-refractivity contribution in [2.24, 2.45) is 5.92 Å². The van der Waals surface area contributed by atoms with Crippen molar-refractivity contribution in [3.63, 3.8) is 0 Å². The van der Waals surface area contributed by atoms with Crippen LogP contribution >= 0.6 is 0 Å². The Morgan fingerprint density at radius 1 is 1.10 bits per heavy atom. The molecule has 0 bridgehead atoms. The lowest BCUT2D eigenvalue weighted by molar-refractivity contribution is -0.117. The number of nitrogens with zero attached hydrogens (tertiary/aromatic N) is 2. The topological polar surface area (TPSA) is 82.6 Å². The molecule has 1 N–H and O–H groups in total. The molecule has 7 nitrogen and oxygen atoms in total. The predicted molar refractivity (Wildman–Crippen MR) is 112 cm³/mol. The Balaban J connectivity index is 1.53. The Hall–Kier alpha value is -3.61. The van der Waals surface area contributed by atoms with E-state index in [0.717, 1.165) is 5.56 Å². The number of carbonyl (C=O) groups excluding carboxylic acids is 1. The summed E-state index contributed by atoms with van der Waals surface area (Å²) in [4.78, 5) is 20.9. The molecule has 0 saturated heterocycles. The fourth-order valence-electron chi connectivity index (χ4n) is 3.68. The van der Waals surface area contributed by atoms with Crippen molar-refractivity contribution in [1.82, 2.24) is 9.97 Å². The van der Waals surface area contributed by atoms with Crippen LogP contribution in [0.1, 0.15) is 12.0 Å². The van der Waals surface area contributed by atoms with Gasteiger partial charge in [-0.15, -0.1) is 0 Å².